The van der Waals surface area contributed by atoms with Crippen molar-refractivity contribution >= 4 is 60.5 Å². The largest absolute Gasteiger partial charge is 0.453 e. The summed E-state index contributed by atoms with van der Waals surface area (Å²) in [6.07, 6.45) is 0. The van der Waals surface area contributed by atoms with E-state index >= 15 is 0 Å². The molecule has 0 aliphatic heterocycles. The Morgan fingerprint density at radius 3 is 1.65 bits per heavy atom. The molecule has 0 aliphatic rings. The number of rotatable bonds is 5. The van der Waals surface area contributed by atoms with Crippen LogP contribution in [-0.2, 0) is 0 Å². The number of furan rings is 1. The van der Waals surface area contributed by atoms with Gasteiger partial charge in [0.2, 0.25) is 0 Å². The molecule has 9 aromatic rings. The van der Waals surface area contributed by atoms with E-state index in [9.17, 15) is 0 Å². The van der Waals surface area contributed by atoms with Crippen molar-refractivity contribution in [2.75, 3.05) is 4.90 Å². The molecule has 0 N–H and O–H groups in total. The average molecular weight is 588 g/mol. The Labute approximate surface area is 267 Å². The Bertz CT molecular complexity index is 2520. The van der Waals surface area contributed by atoms with Gasteiger partial charge in [-0.2, -0.15) is 0 Å². The van der Waals surface area contributed by atoms with E-state index in [-0.39, 0.29) is 0 Å². The first-order valence-electron chi connectivity index (χ1n) is 15.7. The lowest BCUT2D eigenvalue weighted by molar-refractivity contribution is 0.670. The predicted molar refractivity (Wildman–Crippen MR) is 194 cm³/mol. The Morgan fingerprint density at radius 2 is 0.848 bits per heavy atom. The van der Waals surface area contributed by atoms with Crippen LogP contribution in [0.2, 0.25) is 0 Å². The zero-order chi connectivity index (χ0) is 30.5. The molecule has 0 spiro atoms. The third-order valence-corrected chi connectivity index (χ3v) is 9.06. The maximum absolute atomic E-state index is 6.90. The van der Waals surface area contributed by atoms with Crippen LogP contribution >= 0.6 is 0 Å². The third kappa shape index (κ3) is 4.27. The first-order valence-corrected chi connectivity index (χ1v) is 15.7. The maximum atomic E-state index is 6.90. The fraction of sp³-hybridized carbons (Fsp3) is 0. The van der Waals surface area contributed by atoms with Crippen LogP contribution in [-0.4, -0.2) is 0 Å². The van der Waals surface area contributed by atoms with Crippen molar-refractivity contribution in [3.63, 3.8) is 0 Å². The van der Waals surface area contributed by atoms with Gasteiger partial charge in [-0.3, -0.25) is 0 Å². The summed E-state index contributed by atoms with van der Waals surface area (Å²) in [5, 5.41) is 7.09. The quantitative estimate of drug-likeness (QED) is 0.199. The fourth-order valence-electron chi connectivity index (χ4n) is 6.90. The molecule has 0 atom stereocenters. The Hall–Kier alpha value is -6.12. The van der Waals surface area contributed by atoms with Crippen molar-refractivity contribution in [1.29, 1.82) is 0 Å². The molecule has 0 unspecified atom stereocenters. The van der Waals surface area contributed by atoms with Gasteiger partial charge in [-0.1, -0.05) is 152 Å². The van der Waals surface area contributed by atoms with Crippen LogP contribution in [0.4, 0.5) is 17.1 Å². The molecule has 0 aliphatic carbocycles. The van der Waals surface area contributed by atoms with E-state index < -0.39 is 0 Å². The van der Waals surface area contributed by atoms with Gasteiger partial charge >= 0.3 is 0 Å². The lowest BCUT2D eigenvalue weighted by Crippen LogP contribution is -2.10. The van der Waals surface area contributed by atoms with Crippen molar-refractivity contribution in [3.05, 3.63) is 176 Å². The first-order chi connectivity index (χ1) is 22.8. The molecule has 8 aromatic carbocycles. The Kier molecular flexibility index (Phi) is 6.17. The SMILES string of the molecule is c1ccc(-c2cccc3c2oc2c(N(c4ccc(-c5cccc6ccccc56)cc4)c4cccc5ccccc45)cccc23)cc1. The van der Waals surface area contributed by atoms with Crippen molar-refractivity contribution in [2.24, 2.45) is 0 Å². The Morgan fingerprint density at radius 1 is 0.326 bits per heavy atom. The number of benzene rings is 8. The minimum Gasteiger partial charge on any atom is -0.453 e. The number of para-hydroxylation sites is 2. The smallest absolute Gasteiger partial charge is 0.159 e. The van der Waals surface area contributed by atoms with E-state index in [1.54, 1.807) is 0 Å². The molecule has 0 saturated heterocycles. The van der Waals surface area contributed by atoms with Gasteiger partial charge in [0, 0.05) is 27.4 Å². The first kappa shape index (κ1) is 26.3. The van der Waals surface area contributed by atoms with Gasteiger partial charge in [-0.25, -0.2) is 0 Å². The highest BCUT2D eigenvalue weighted by Gasteiger charge is 2.22. The summed E-state index contributed by atoms with van der Waals surface area (Å²) in [5.74, 6) is 0. The maximum Gasteiger partial charge on any atom is 0.159 e. The van der Waals surface area contributed by atoms with Gasteiger partial charge in [-0.05, 0) is 57.1 Å². The summed E-state index contributed by atoms with van der Waals surface area (Å²) >= 11 is 0. The molecule has 0 radical (unpaired) electrons. The summed E-state index contributed by atoms with van der Waals surface area (Å²) < 4.78 is 6.90. The summed E-state index contributed by atoms with van der Waals surface area (Å²) in [5.41, 5.74) is 9.60. The van der Waals surface area contributed by atoms with Crippen LogP contribution < -0.4 is 4.90 Å². The second-order valence-corrected chi connectivity index (χ2v) is 11.7. The van der Waals surface area contributed by atoms with Crippen molar-refractivity contribution in [3.8, 4) is 22.3 Å². The molecule has 0 saturated carbocycles. The molecule has 1 aromatic heterocycles. The topological polar surface area (TPSA) is 16.4 Å². The highest BCUT2D eigenvalue weighted by Crippen LogP contribution is 2.46. The second kappa shape index (κ2) is 10.8. The summed E-state index contributed by atoms with van der Waals surface area (Å²) in [7, 11) is 0. The molecule has 0 fully saturated rings. The van der Waals surface area contributed by atoms with Crippen LogP contribution in [0.1, 0.15) is 0 Å². The lowest BCUT2D eigenvalue weighted by atomic mass is 9.98. The molecule has 1 heterocycles. The normalized spacial score (nSPS) is 11.5. The van der Waals surface area contributed by atoms with Gasteiger partial charge in [0.1, 0.15) is 5.58 Å². The van der Waals surface area contributed by atoms with E-state index in [0.29, 0.717) is 0 Å². The van der Waals surface area contributed by atoms with E-state index in [0.717, 1.165) is 50.1 Å². The van der Waals surface area contributed by atoms with Crippen molar-refractivity contribution in [1.82, 2.24) is 0 Å². The number of hydrogen-bond acceptors (Lipinski definition) is 2. The van der Waals surface area contributed by atoms with Gasteiger partial charge in [-0.15, -0.1) is 0 Å². The van der Waals surface area contributed by atoms with E-state index in [1.165, 1.54) is 32.7 Å². The van der Waals surface area contributed by atoms with Gasteiger partial charge < -0.3 is 9.32 Å². The van der Waals surface area contributed by atoms with Crippen LogP contribution in [0.5, 0.6) is 0 Å². The Balaban J connectivity index is 1.27. The van der Waals surface area contributed by atoms with E-state index in [4.69, 9.17) is 4.42 Å². The minimum absolute atomic E-state index is 0.868. The summed E-state index contributed by atoms with van der Waals surface area (Å²) in [6, 6.07) is 62.6. The van der Waals surface area contributed by atoms with E-state index in [1.807, 2.05) is 6.07 Å². The molecule has 0 amide bonds. The molecular formula is C44H29NO. The average Bonchev–Trinajstić information content (AvgIpc) is 3.52. The molecule has 216 valence electrons. The summed E-state index contributed by atoms with van der Waals surface area (Å²) in [6.45, 7) is 0. The van der Waals surface area contributed by atoms with Gasteiger partial charge in [0.05, 0.1) is 11.4 Å². The number of hydrogen-bond donors (Lipinski definition) is 0. The van der Waals surface area contributed by atoms with Gasteiger partial charge in [0.15, 0.2) is 5.58 Å². The lowest BCUT2D eigenvalue weighted by Gasteiger charge is -2.27. The van der Waals surface area contributed by atoms with Gasteiger partial charge in [0.25, 0.3) is 0 Å². The van der Waals surface area contributed by atoms with Crippen LogP contribution in [0.15, 0.2) is 180 Å². The van der Waals surface area contributed by atoms with Crippen LogP contribution in [0.25, 0.3) is 65.7 Å². The summed E-state index contributed by atoms with van der Waals surface area (Å²) in [4.78, 5) is 2.35. The molecule has 9 rings (SSSR count). The number of anilines is 3. The third-order valence-electron chi connectivity index (χ3n) is 9.06. The predicted octanol–water partition coefficient (Wildman–Crippen LogP) is 12.7. The molecular weight excluding hydrogens is 558 g/mol. The highest BCUT2D eigenvalue weighted by atomic mass is 16.3. The molecule has 2 nitrogen and oxygen atoms in total. The van der Waals surface area contributed by atoms with Crippen molar-refractivity contribution in [2.45, 2.75) is 0 Å². The molecule has 46 heavy (non-hydrogen) atoms. The molecule has 0 bridgehead atoms. The number of nitrogens with zero attached hydrogens (tertiary/aromatic N) is 1. The van der Waals surface area contributed by atoms with Crippen molar-refractivity contribution < 1.29 is 4.42 Å². The highest BCUT2D eigenvalue weighted by molar-refractivity contribution is 6.14. The second-order valence-electron chi connectivity index (χ2n) is 11.7. The number of fused-ring (bicyclic) bond motifs is 5. The van der Waals surface area contributed by atoms with Crippen LogP contribution in [0, 0.1) is 0 Å². The zero-order valence-electron chi connectivity index (χ0n) is 25.1. The minimum atomic E-state index is 0.868. The van der Waals surface area contributed by atoms with Crippen LogP contribution in [0.3, 0.4) is 0 Å². The zero-order valence-corrected chi connectivity index (χ0v) is 25.1. The fourth-order valence-corrected chi connectivity index (χ4v) is 6.90. The standard InChI is InChI=1S/C44H29NO/c1-2-12-32(13-3-1)38-21-10-22-39-40-23-11-25-42(44(40)46-43(38)39)45(41-24-9-17-31-15-5-7-19-37(31)41)34-28-26-33(27-29-34)36-20-8-16-30-14-4-6-18-35(30)36/h1-29H. The van der Waals surface area contributed by atoms with E-state index in [2.05, 4.69) is 175 Å². The monoisotopic (exact) mass is 587 g/mol. The molecule has 2 heteroatoms.